The van der Waals surface area contributed by atoms with E-state index in [1.54, 1.807) is 30.5 Å². The minimum absolute atomic E-state index is 0.124. The number of nitrogens with zero attached hydrogens (tertiary/aromatic N) is 3. The van der Waals surface area contributed by atoms with Crippen LogP contribution in [-0.2, 0) is 6.54 Å². The summed E-state index contributed by atoms with van der Waals surface area (Å²) in [6.45, 7) is 0.124. The maximum Gasteiger partial charge on any atom is 0.261 e. The van der Waals surface area contributed by atoms with Crippen LogP contribution >= 0.6 is 0 Å². The van der Waals surface area contributed by atoms with E-state index in [0.29, 0.717) is 16.5 Å². The Morgan fingerprint density at radius 3 is 2.48 bits per heavy atom. The quantitative estimate of drug-likeness (QED) is 0.451. The number of para-hydroxylation sites is 2. The van der Waals surface area contributed by atoms with E-state index in [1.807, 2.05) is 42.5 Å². The van der Waals surface area contributed by atoms with Crippen LogP contribution in [0.3, 0.4) is 0 Å². The average Bonchev–Trinajstić information content (AvgIpc) is 2.76. The second-order valence-corrected chi connectivity index (χ2v) is 6.92. The van der Waals surface area contributed by atoms with Crippen molar-refractivity contribution in [3.8, 4) is 11.1 Å². The molecule has 0 amide bonds. The highest BCUT2D eigenvalue weighted by molar-refractivity contribution is 5.83. The summed E-state index contributed by atoms with van der Waals surface area (Å²) in [6, 6.07) is 22.0. The molecular formula is C24H16FN3O. The maximum absolute atomic E-state index is 14.8. The molecule has 3 aromatic carbocycles. The lowest BCUT2D eigenvalue weighted by Crippen LogP contribution is -2.21. The van der Waals surface area contributed by atoms with Crippen LogP contribution in [0.25, 0.3) is 32.9 Å². The normalized spacial score (nSPS) is 11.2. The molecule has 0 aliphatic heterocycles. The first-order chi connectivity index (χ1) is 14.2. The van der Waals surface area contributed by atoms with Gasteiger partial charge in [-0.3, -0.25) is 14.3 Å². The van der Waals surface area contributed by atoms with Crippen LogP contribution in [0, 0.1) is 5.82 Å². The first-order valence-corrected chi connectivity index (χ1v) is 9.27. The van der Waals surface area contributed by atoms with Gasteiger partial charge in [-0.15, -0.1) is 0 Å². The van der Waals surface area contributed by atoms with Crippen molar-refractivity contribution >= 4 is 21.8 Å². The van der Waals surface area contributed by atoms with E-state index in [-0.39, 0.29) is 17.9 Å². The Labute approximate surface area is 165 Å². The summed E-state index contributed by atoms with van der Waals surface area (Å²) < 4.78 is 16.3. The highest BCUT2D eigenvalue weighted by Gasteiger charge is 2.10. The van der Waals surface area contributed by atoms with Gasteiger partial charge in [-0.2, -0.15) is 0 Å². The highest BCUT2D eigenvalue weighted by Crippen LogP contribution is 2.25. The SMILES string of the molecule is O=c1c2ccccc2ncn1Cc1ccc(-c2cnc3ccccc3c2)cc1F. The molecule has 0 radical (unpaired) electrons. The number of aromatic nitrogens is 3. The van der Waals surface area contributed by atoms with E-state index in [4.69, 9.17) is 0 Å². The molecule has 0 N–H and O–H groups in total. The summed E-state index contributed by atoms with van der Waals surface area (Å²) in [5.41, 5.74) is 3.37. The summed E-state index contributed by atoms with van der Waals surface area (Å²) in [4.78, 5) is 21.4. The van der Waals surface area contributed by atoms with Crippen LogP contribution < -0.4 is 5.56 Å². The average molecular weight is 381 g/mol. The minimum Gasteiger partial charge on any atom is -0.294 e. The molecule has 2 aromatic heterocycles. The van der Waals surface area contributed by atoms with E-state index in [2.05, 4.69) is 9.97 Å². The Kier molecular flexibility index (Phi) is 4.13. The van der Waals surface area contributed by atoms with Gasteiger partial charge in [0.2, 0.25) is 0 Å². The third-order valence-corrected chi connectivity index (χ3v) is 5.05. The number of pyridine rings is 1. The number of benzene rings is 3. The topological polar surface area (TPSA) is 47.8 Å². The van der Waals surface area contributed by atoms with Crippen LogP contribution in [0.2, 0.25) is 0 Å². The lowest BCUT2D eigenvalue weighted by molar-refractivity contribution is 0.596. The van der Waals surface area contributed by atoms with Crippen LogP contribution in [-0.4, -0.2) is 14.5 Å². The fourth-order valence-electron chi connectivity index (χ4n) is 3.49. The van der Waals surface area contributed by atoms with Gasteiger partial charge in [-0.05, 0) is 35.9 Å². The van der Waals surface area contributed by atoms with Crippen molar-refractivity contribution in [2.75, 3.05) is 0 Å². The van der Waals surface area contributed by atoms with Crippen molar-refractivity contribution in [2.24, 2.45) is 0 Å². The van der Waals surface area contributed by atoms with Gasteiger partial charge >= 0.3 is 0 Å². The van der Waals surface area contributed by atoms with Crippen LogP contribution in [0.5, 0.6) is 0 Å². The smallest absolute Gasteiger partial charge is 0.261 e. The zero-order chi connectivity index (χ0) is 19.8. The predicted octanol–water partition coefficient (Wildman–Crippen LogP) is 4.80. The molecule has 29 heavy (non-hydrogen) atoms. The summed E-state index contributed by atoms with van der Waals surface area (Å²) in [5, 5.41) is 1.53. The van der Waals surface area contributed by atoms with Gasteiger partial charge in [0.1, 0.15) is 5.82 Å². The fraction of sp³-hybridized carbons (Fsp3) is 0.0417. The number of halogens is 1. The molecule has 5 aromatic rings. The second kappa shape index (κ2) is 6.95. The zero-order valence-corrected chi connectivity index (χ0v) is 15.4. The fourth-order valence-corrected chi connectivity index (χ4v) is 3.49. The van der Waals surface area contributed by atoms with Crippen molar-refractivity contribution in [1.82, 2.24) is 14.5 Å². The molecule has 0 spiro atoms. The van der Waals surface area contributed by atoms with Gasteiger partial charge < -0.3 is 0 Å². The van der Waals surface area contributed by atoms with Crippen LogP contribution in [0.15, 0.2) is 90.1 Å². The van der Waals surface area contributed by atoms with Crippen molar-refractivity contribution in [1.29, 1.82) is 0 Å². The number of rotatable bonds is 3. The van der Waals surface area contributed by atoms with Crippen molar-refractivity contribution in [3.63, 3.8) is 0 Å². The molecule has 0 bridgehead atoms. The Hall–Kier alpha value is -3.86. The van der Waals surface area contributed by atoms with E-state index < -0.39 is 0 Å². The van der Waals surface area contributed by atoms with E-state index in [9.17, 15) is 9.18 Å². The molecular weight excluding hydrogens is 365 g/mol. The molecule has 2 heterocycles. The van der Waals surface area contributed by atoms with E-state index >= 15 is 0 Å². The van der Waals surface area contributed by atoms with Crippen molar-refractivity contribution < 1.29 is 4.39 Å². The third kappa shape index (κ3) is 3.17. The van der Waals surface area contributed by atoms with Gasteiger partial charge in [0.05, 0.1) is 29.3 Å². The molecule has 0 aliphatic carbocycles. The Morgan fingerprint density at radius 2 is 1.62 bits per heavy atom. The first kappa shape index (κ1) is 17.3. The van der Waals surface area contributed by atoms with Gasteiger partial charge in [-0.1, -0.05) is 42.5 Å². The molecule has 5 heteroatoms. The molecule has 0 aliphatic rings. The summed E-state index contributed by atoms with van der Waals surface area (Å²) in [6.07, 6.45) is 3.21. The number of hydrogen-bond donors (Lipinski definition) is 0. The Balaban J connectivity index is 1.50. The molecule has 0 saturated heterocycles. The van der Waals surface area contributed by atoms with Crippen LogP contribution in [0.4, 0.5) is 4.39 Å². The Morgan fingerprint density at radius 1 is 0.828 bits per heavy atom. The van der Waals surface area contributed by atoms with Crippen molar-refractivity contribution in [3.05, 3.63) is 107 Å². The molecule has 0 fully saturated rings. The molecule has 4 nitrogen and oxygen atoms in total. The standard InChI is InChI=1S/C24H16FN3O/c25-21-12-16(19-11-17-5-1-3-7-22(17)26-13-19)9-10-18(21)14-28-15-27-23-8-4-2-6-20(23)24(28)29/h1-13,15H,14H2. The lowest BCUT2D eigenvalue weighted by Gasteiger charge is -2.10. The van der Waals surface area contributed by atoms with Crippen LogP contribution in [0.1, 0.15) is 5.56 Å². The molecule has 0 atom stereocenters. The highest BCUT2D eigenvalue weighted by atomic mass is 19.1. The first-order valence-electron chi connectivity index (χ1n) is 9.27. The minimum atomic E-state index is -0.365. The maximum atomic E-state index is 14.8. The number of hydrogen-bond acceptors (Lipinski definition) is 3. The summed E-state index contributed by atoms with van der Waals surface area (Å²) >= 11 is 0. The van der Waals surface area contributed by atoms with Gasteiger partial charge in [-0.25, -0.2) is 9.37 Å². The molecule has 0 saturated carbocycles. The largest absolute Gasteiger partial charge is 0.294 e. The molecule has 0 unspecified atom stereocenters. The van der Waals surface area contributed by atoms with Gasteiger partial charge in [0.25, 0.3) is 5.56 Å². The summed E-state index contributed by atoms with van der Waals surface area (Å²) in [5.74, 6) is -0.365. The Bertz CT molecular complexity index is 1430. The predicted molar refractivity (Wildman–Crippen MR) is 112 cm³/mol. The van der Waals surface area contributed by atoms with Crippen molar-refractivity contribution in [2.45, 2.75) is 6.54 Å². The van der Waals surface area contributed by atoms with E-state index in [0.717, 1.165) is 22.0 Å². The van der Waals surface area contributed by atoms with Gasteiger partial charge in [0.15, 0.2) is 0 Å². The van der Waals surface area contributed by atoms with E-state index in [1.165, 1.54) is 17.0 Å². The second-order valence-electron chi connectivity index (χ2n) is 6.92. The molecule has 140 valence electrons. The summed E-state index contributed by atoms with van der Waals surface area (Å²) in [7, 11) is 0. The zero-order valence-electron chi connectivity index (χ0n) is 15.4. The lowest BCUT2D eigenvalue weighted by atomic mass is 10.0. The van der Waals surface area contributed by atoms with Gasteiger partial charge in [0, 0.05) is 22.7 Å². The third-order valence-electron chi connectivity index (χ3n) is 5.05. The molecule has 5 rings (SSSR count). The number of fused-ring (bicyclic) bond motifs is 2. The monoisotopic (exact) mass is 381 g/mol.